The van der Waals surface area contributed by atoms with Crippen LogP contribution >= 0.6 is 0 Å². The Bertz CT molecular complexity index is 1350. The molecule has 168 valence electrons. The maximum atomic E-state index is 12.8. The first kappa shape index (κ1) is 22.3. The van der Waals surface area contributed by atoms with Gasteiger partial charge in [-0.25, -0.2) is 8.42 Å². The fourth-order valence-electron chi connectivity index (χ4n) is 3.57. The summed E-state index contributed by atoms with van der Waals surface area (Å²) < 4.78 is 27.5. The Morgan fingerprint density at radius 1 is 0.939 bits per heavy atom. The summed E-state index contributed by atoms with van der Waals surface area (Å²) in [5, 5.41) is 7.14. The molecule has 0 radical (unpaired) electrons. The third kappa shape index (κ3) is 5.87. The second-order valence-corrected chi connectivity index (χ2v) is 9.41. The van der Waals surface area contributed by atoms with Crippen molar-refractivity contribution in [3.05, 3.63) is 108 Å². The molecule has 0 atom stereocenters. The minimum Gasteiger partial charge on any atom is -0.348 e. The lowest BCUT2D eigenvalue weighted by atomic mass is 9.98. The molecular weight excluding hydrogens is 436 g/mol. The number of nitrogens with zero attached hydrogens (tertiary/aromatic N) is 2. The fourth-order valence-corrected chi connectivity index (χ4v) is 4.14. The van der Waals surface area contributed by atoms with E-state index in [1.54, 1.807) is 30.5 Å². The predicted molar refractivity (Wildman–Crippen MR) is 129 cm³/mol. The van der Waals surface area contributed by atoms with Crippen LogP contribution in [0.4, 0.5) is 5.69 Å². The van der Waals surface area contributed by atoms with Crippen molar-refractivity contribution in [1.82, 2.24) is 15.1 Å². The van der Waals surface area contributed by atoms with Crippen molar-refractivity contribution < 1.29 is 13.2 Å². The van der Waals surface area contributed by atoms with Crippen LogP contribution in [0, 0.1) is 0 Å². The Balaban J connectivity index is 1.49. The number of hydrogen-bond donors (Lipinski definition) is 2. The van der Waals surface area contributed by atoms with Crippen molar-refractivity contribution in [3.63, 3.8) is 0 Å². The van der Waals surface area contributed by atoms with E-state index in [0.717, 1.165) is 28.5 Å². The highest BCUT2D eigenvalue weighted by molar-refractivity contribution is 7.92. The van der Waals surface area contributed by atoms with Gasteiger partial charge < -0.3 is 5.32 Å². The standard InChI is InChI=1S/C25H24N4O3S/c1-33(31,32)28-24-10-5-4-9-23(24)25(30)26-17-21-7-2-3-8-22(21)20-13-11-19(12-14-20)18-29-16-6-15-27-29/h2-16,28H,17-18H2,1H3,(H,26,30). The summed E-state index contributed by atoms with van der Waals surface area (Å²) in [5.74, 6) is -0.355. The molecule has 2 N–H and O–H groups in total. The first-order chi connectivity index (χ1) is 15.9. The van der Waals surface area contributed by atoms with Crippen molar-refractivity contribution in [1.29, 1.82) is 0 Å². The van der Waals surface area contributed by atoms with E-state index < -0.39 is 10.0 Å². The van der Waals surface area contributed by atoms with Gasteiger partial charge in [0.1, 0.15) is 0 Å². The highest BCUT2D eigenvalue weighted by Crippen LogP contribution is 2.25. The molecule has 0 aliphatic heterocycles. The van der Waals surface area contributed by atoms with Gasteiger partial charge in [-0.3, -0.25) is 14.2 Å². The van der Waals surface area contributed by atoms with Crippen LogP contribution in [0.25, 0.3) is 11.1 Å². The van der Waals surface area contributed by atoms with Crippen molar-refractivity contribution in [2.24, 2.45) is 0 Å². The number of anilines is 1. The molecule has 0 saturated heterocycles. The van der Waals surface area contributed by atoms with Crippen molar-refractivity contribution in [3.8, 4) is 11.1 Å². The van der Waals surface area contributed by atoms with Crippen LogP contribution in [-0.2, 0) is 23.1 Å². The summed E-state index contributed by atoms with van der Waals surface area (Å²) in [4.78, 5) is 12.8. The van der Waals surface area contributed by atoms with E-state index in [4.69, 9.17) is 0 Å². The fraction of sp³-hybridized carbons (Fsp3) is 0.120. The second-order valence-electron chi connectivity index (χ2n) is 7.66. The molecule has 0 aliphatic rings. The van der Waals surface area contributed by atoms with E-state index in [2.05, 4.69) is 39.4 Å². The highest BCUT2D eigenvalue weighted by Gasteiger charge is 2.14. The molecule has 33 heavy (non-hydrogen) atoms. The number of carbonyl (C=O) groups excluding carboxylic acids is 1. The minimum atomic E-state index is -3.50. The average Bonchev–Trinajstić information content (AvgIpc) is 3.31. The molecule has 4 rings (SSSR count). The molecule has 0 bridgehead atoms. The largest absolute Gasteiger partial charge is 0.348 e. The quantitative estimate of drug-likeness (QED) is 0.417. The molecule has 0 aliphatic carbocycles. The zero-order valence-corrected chi connectivity index (χ0v) is 18.9. The van der Waals surface area contributed by atoms with Crippen LogP contribution in [0.15, 0.2) is 91.3 Å². The zero-order valence-electron chi connectivity index (χ0n) is 18.1. The summed E-state index contributed by atoms with van der Waals surface area (Å²) in [6.45, 7) is 1.00. The van der Waals surface area contributed by atoms with E-state index >= 15 is 0 Å². The molecule has 1 aromatic heterocycles. The molecule has 1 amide bonds. The van der Waals surface area contributed by atoms with Crippen LogP contribution in [0.1, 0.15) is 21.5 Å². The lowest BCUT2D eigenvalue weighted by Crippen LogP contribution is -2.25. The first-order valence-corrected chi connectivity index (χ1v) is 12.3. The summed E-state index contributed by atoms with van der Waals surface area (Å²) >= 11 is 0. The summed E-state index contributed by atoms with van der Waals surface area (Å²) in [6.07, 6.45) is 4.74. The maximum absolute atomic E-state index is 12.8. The molecule has 1 heterocycles. The minimum absolute atomic E-state index is 0.249. The predicted octanol–water partition coefficient (Wildman–Crippen LogP) is 3.90. The van der Waals surface area contributed by atoms with Crippen LogP contribution in [0.2, 0.25) is 0 Å². The average molecular weight is 461 g/mol. The van der Waals surface area contributed by atoms with E-state index in [9.17, 15) is 13.2 Å². The van der Waals surface area contributed by atoms with E-state index in [0.29, 0.717) is 13.1 Å². The number of hydrogen-bond acceptors (Lipinski definition) is 4. The smallest absolute Gasteiger partial charge is 0.253 e. The third-order valence-electron chi connectivity index (χ3n) is 5.09. The van der Waals surface area contributed by atoms with Gasteiger partial charge in [0.05, 0.1) is 24.1 Å². The van der Waals surface area contributed by atoms with Gasteiger partial charge in [0.2, 0.25) is 10.0 Å². The second kappa shape index (κ2) is 9.70. The van der Waals surface area contributed by atoms with Crippen LogP contribution < -0.4 is 10.0 Å². The Morgan fingerprint density at radius 2 is 1.67 bits per heavy atom. The van der Waals surface area contributed by atoms with E-state index in [1.807, 2.05) is 41.2 Å². The highest BCUT2D eigenvalue weighted by atomic mass is 32.2. The number of nitrogens with one attached hydrogen (secondary N) is 2. The van der Waals surface area contributed by atoms with Crippen molar-refractivity contribution in [2.45, 2.75) is 13.1 Å². The number of amides is 1. The third-order valence-corrected chi connectivity index (χ3v) is 5.68. The number of aromatic nitrogens is 2. The molecule has 0 spiro atoms. The molecule has 8 heteroatoms. The Labute approximate surface area is 193 Å². The first-order valence-electron chi connectivity index (χ1n) is 10.4. The van der Waals surface area contributed by atoms with Gasteiger partial charge in [-0.2, -0.15) is 5.10 Å². The Kier molecular flexibility index (Phi) is 6.55. The van der Waals surface area contributed by atoms with Gasteiger partial charge >= 0.3 is 0 Å². The van der Waals surface area contributed by atoms with Gasteiger partial charge in [-0.05, 0) is 40.5 Å². The van der Waals surface area contributed by atoms with Crippen molar-refractivity contribution >= 4 is 21.6 Å². The number of carbonyl (C=O) groups is 1. The summed E-state index contributed by atoms with van der Waals surface area (Å²) in [7, 11) is -3.50. The van der Waals surface area contributed by atoms with E-state index in [-0.39, 0.29) is 17.2 Å². The lowest BCUT2D eigenvalue weighted by molar-refractivity contribution is 0.0952. The Morgan fingerprint density at radius 3 is 2.39 bits per heavy atom. The summed E-state index contributed by atoms with van der Waals surface area (Å²) in [5.41, 5.74) is 4.68. The molecule has 7 nitrogen and oxygen atoms in total. The molecule has 3 aromatic carbocycles. The normalized spacial score (nSPS) is 11.2. The molecular formula is C25H24N4O3S. The SMILES string of the molecule is CS(=O)(=O)Nc1ccccc1C(=O)NCc1ccccc1-c1ccc(Cn2cccn2)cc1. The van der Waals surface area contributed by atoms with Gasteiger partial charge in [0.15, 0.2) is 0 Å². The van der Waals surface area contributed by atoms with Crippen molar-refractivity contribution in [2.75, 3.05) is 11.0 Å². The zero-order chi connectivity index (χ0) is 23.3. The van der Waals surface area contributed by atoms with Gasteiger partial charge in [-0.15, -0.1) is 0 Å². The molecule has 0 unspecified atom stereocenters. The molecule has 0 fully saturated rings. The number of benzene rings is 3. The lowest BCUT2D eigenvalue weighted by Gasteiger charge is -2.13. The monoisotopic (exact) mass is 460 g/mol. The molecule has 0 saturated carbocycles. The topological polar surface area (TPSA) is 93.1 Å². The molecule has 4 aromatic rings. The van der Waals surface area contributed by atoms with Gasteiger partial charge in [-0.1, -0.05) is 60.7 Å². The number of sulfonamides is 1. The van der Waals surface area contributed by atoms with Crippen LogP contribution in [0.5, 0.6) is 0 Å². The van der Waals surface area contributed by atoms with Crippen LogP contribution in [0.3, 0.4) is 0 Å². The Hall–Kier alpha value is -3.91. The van der Waals surface area contributed by atoms with Gasteiger partial charge in [0, 0.05) is 18.9 Å². The van der Waals surface area contributed by atoms with E-state index in [1.165, 1.54) is 0 Å². The number of para-hydroxylation sites is 1. The number of rotatable bonds is 8. The maximum Gasteiger partial charge on any atom is 0.253 e. The summed E-state index contributed by atoms with van der Waals surface area (Å²) in [6, 6.07) is 24.6. The van der Waals surface area contributed by atoms with Crippen LogP contribution in [-0.4, -0.2) is 30.4 Å². The van der Waals surface area contributed by atoms with Gasteiger partial charge in [0.25, 0.3) is 5.91 Å².